The van der Waals surface area contributed by atoms with Gasteiger partial charge < -0.3 is 10.1 Å². The molecule has 210 valence electrons. The third-order valence-electron chi connectivity index (χ3n) is 5.78. The number of nitrogens with one attached hydrogen (secondary N) is 1. The highest BCUT2D eigenvalue weighted by Gasteiger charge is 2.22. The van der Waals surface area contributed by atoms with Gasteiger partial charge in [0, 0.05) is 24.0 Å². The molecule has 0 saturated carbocycles. The van der Waals surface area contributed by atoms with Crippen molar-refractivity contribution in [2.45, 2.75) is 66.8 Å². The number of ketones is 1. The van der Waals surface area contributed by atoms with Gasteiger partial charge in [-0.1, -0.05) is 110 Å². The molecule has 0 aliphatic heterocycles. The van der Waals surface area contributed by atoms with Crippen molar-refractivity contribution in [2.24, 2.45) is 0 Å². The van der Waals surface area contributed by atoms with Gasteiger partial charge in [0.15, 0.2) is 5.78 Å². The van der Waals surface area contributed by atoms with Crippen molar-refractivity contribution in [1.82, 2.24) is 5.32 Å². The van der Waals surface area contributed by atoms with Crippen LogP contribution < -0.4 is 5.32 Å². The average molecular weight is 589 g/mol. The summed E-state index contributed by atoms with van der Waals surface area (Å²) >= 11 is 17.7. The third-order valence-corrected chi connectivity index (χ3v) is 6.73. The van der Waals surface area contributed by atoms with Crippen molar-refractivity contribution < 1.29 is 14.3 Å². The molecule has 4 nitrogen and oxygen atoms in total. The summed E-state index contributed by atoms with van der Waals surface area (Å²) in [6.07, 6.45) is 1.92. The molecule has 0 aromatic heterocycles. The van der Waals surface area contributed by atoms with Gasteiger partial charge in [0.2, 0.25) is 0 Å². The topological polar surface area (TPSA) is 55.4 Å². The highest BCUT2D eigenvalue weighted by Crippen LogP contribution is 2.22. The van der Waals surface area contributed by atoms with Crippen molar-refractivity contribution in [1.29, 1.82) is 0 Å². The summed E-state index contributed by atoms with van der Waals surface area (Å²) in [5, 5.41) is 4.23. The van der Waals surface area contributed by atoms with Crippen molar-refractivity contribution >= 4 is 52.2 Å². The maximum atomic E-state index is 12.1. The molecule has 0 saturated heterocycles. The van der Waals surface area contributed by atoms with Crippen LogP contribution in [0.25, 0.3) is 0 Å². The molecule has 0 bridgehead atoms. The molecule has 0 spiro atoms. The van der Waals surface area contributed by atoms with E-state index in [0.717, 1.165) is 28.7 Å². The van der Waals surface area contributed by atoms with Gasteiger partial charge in [-0.25, -0.2) is 4.79 Å². The molecule has 1 atom stereocenters. The van der Waals surface area contributed by atoms with Crippen molar-refractivity contribution in [3.05, 3.63) is 104 Å². The van der Waals surface area contributed by atoms with E-state index in [1.807, 2.05) is 90.1 Å². The van der Waals surface area contributed by atoms with Crippen LogP contribution in [0.2, 0.25) is 10.0 Å². The van der Waals surface area contributed by atoms with Crippen molar-refractivity contribution in [3.63, 3.8) is 0 Å². The highest BCUT2D eigenvalue weighted by atomic mass is 35.5. The number of esters is 1. The Balaban J connectivity index is 0.000000428. The number of ether oxygens (including phenoxy) is 1. The Morgan fingerprint density at radius 1 is 0.872 bits per heavy atom. The van der Waals surface area contributed by atoms with E-state index in [1.165, 1.54) is 12.7 Å². The van der Waals surface area contributed by atoms with Crippen LogP contribution in [0.1, 0.15) is 71.8 Å². The third kappa shape index (κ3) is 10.7. The summed E-state index contributed by atoms with van der Waals surface area (Å²) in [6, 6.07) is 18.6. The van der Waals surface area contributed by atoms with Crippen LogP contribution in [-0.2, 0) is 16.0 Å². The number of hydrogen-bond donors (Lipinski definition) is 1. The van der Waals surface area contributed by atoms with E-state index in [9.17, 15) is 9.59 Å². The van der Waals surface area contributed by atoms with E-state index in [0.29, 0.717) is 33.4 Å². The molecule has 39 heavy (non-hydrogen) atoms. The molecule has 3 aromatic carbocycles. The van der Waals surface area contributed by atoms with E-state index >= 15 is 0 Å². The fourth-order valence-corrected chi connectivity index (χ4v) is 4.90. The van der Waals surface area contributed by atoms with E-state index in [1.54, 1.807) is 12.1 Å². The van der Waals surface area contributed by atoms with Crippen molar-refractivity contribution in [3.8, 4) is 0 Å². The van der Waals surface area contributed by atoms with Crippen LogP contribution in [0, 0.1) is 20.8 Å². The molecule has 0 aliphatic rings. The molecule has 0 fully saturated rings. The van der Waals surface area contributed by atoms with Gasteiger partial charge in [-0.05, 0) is 56.0 Å². The number of thiocarbonyl (C=S) groups is 1. The van der Waals surface area contributed by atoms with E-state index < -0.39 is 6.04 Å². The van der Waals surface area contributed by atoms with Crippen LogP contribution in [0.5, 0.6) is 0 Å². The maximum Gasteiger partial charge on any atom is 0.328 e. The molecule has 0 amide bonds. The molecule has 0 aliphatic carbocycles. The zero-order valence-electron chi connectivity index (χ0n) is 23.9. The number of benzene rings is 3. The minimum absolute atomic E-state index is 0.144. The minimum Gasteiger partial charge on any atom is -0.467 e. The fourth-order valence-electron chi connectivity index (χ4n) is 3.78. The van der Waals surface area contributed by atoms with Gasteiger partial charge >= 0.3 is 5.97 Å². The molecule has 3 rings (SSSR count). The summed E-state index contributed by atoms with van der Waals surface area (Å²) in [5.74, 6) is -0.215. The van der Waals surface area contributed by atoms with Gasteiger partial charge in [-0.3, -0.25) is 4.79 Å². The second-order valence-corrected chi connectivity index (χ2v) is 10.00. The van der Waals surface area contributed by atoms with Crippen molar-refractivity contribution in [2.75, 3.05) is 7.11 Å². The first-order valence-electron chi connectivity index (χ1n) is 13.1. The predicted octanol–water partition coefficient (Wildman–Crippen LogP) is 8.66. The Kier molecular flexibility index (Phi) is 15.6. The molecule has 1 unspecified atom stereocenters. The largest absolute Gasteiger partial charge is 0.467 e. The summed E-state index contributed by atoms with van der Waals surface area (Å²) in [6.45, 7) is 11.9. The minimum atomic E-state index is -0.569. The number of carbonyl (C=O) groups is 2. The first kappa shape index (κ1) is 34.3. The predicted molar refractivity (Wildman–Crippen MR) is 168 cm³/mol. The second kappa shape index (κ2) is 17.8. The van der Waals surface area contributed by atoms with E-state index in [4.69, 9.17) is 40.2 Å². The Morgan fingerprint density at radius 3 is 1.85 bits per heavy atom. The summed E-state index contributed by atoms with van der Waals surface area (Å²) in [4.78, 5) is 24.2. The quantitative estimate of drug-likeness (QED) is 0.162. The SMILES string of the molecule is CC.CCCC(=O)c1c(C)cccc1Cl.COC(=O)C(Cc1ccc(C)cc1)NC(=S)c1c(C)cccc1Cl. The van der Waals surface area contributed by atoms with Gasteiger partial charge in [0.25, 0.3) is 0 Å². The molecular formula is C32H39Cl2NO3S. The lowest BCUT2D eigenvalue weighted by molar-refractivity contribution is -0.142. The normalized spacial score (nSPS) is 10.7. The highest BCUT2D eigenvalue weighted by molar-refractivity contribution is 7.80. The number of rotatable bonds is 8. The molecular weight excluding hydrogens is 549 g/mol. The molecule has 7 heteroatoms. The lowest BCUT2D eigenvalue weighted by atomic mass is 10.0. The van der Waals surface area contributed by atoms with Gasteiger partial charge in [-0.15, -0.1) is 0 Å². The second-order valence-electron chi connectivity index (χ2n) is 8.78. The maximum absolute atomic E-state index is 12.1. The van der Waals surface area contributed by atoms with Crippen LogP contribution in [-0.4, -0.2) is 29.9 Å². The van der Waals surface area contributed by atoms with Gasteiger partial charge in [0.05, 0.1) is 17.2 Å². The number of hydrogen-bond acceptors (Lipinski definition) is 4. The first-order valence-corrected chi connectivity index (χ1v) is 14.2. The zero-order chi connectivity index (χ0) is 29.5. The van der Waals surface area contributed by atoms with Crippen LogP contribution in [0.3, 0.4) is 0 Å². The molecule has 1 N–H and O–H groups in total. The number of aryl methyl sites for hydroxylation is 3. The molecule has 0 radical (unpaired) electrons. The number of Topliss-reactive ketones (excluding diaryl/α,β-unsaturated/α-hetero) is 1. The standard InChI is InChI=1S/C19H20ClNO2S.C11H13ClO.C2H6/c1-12-7-9-14(10-8-12)11-16(19(22)23-3)21-18(24)17-13(2)5-4-6-15(17)20;1-3-5-10(13)11-8(2)6-4-7-9(11)12;1-2/h4-10,16H,11H2,1-3H3,(H,21,24);4,6-7H,3,5H2,1-2H3;1-2H3. The lowest BCUT2D eigenvalue weighted by Crippen LogP contribution is -2.43. The van der Waals surface area contributed by atoms with Gasteiger partial charge in [0.1, 0.15) is 11.0 Å². The summed E-state index contributed by atoms with van der Waals surface area (Å²) < 4.78 is 4.91. The summed E-state index contributed by atoms with van der Waals surface area (Å²) in [5.41, 5.74) is 5.55. The van der Waals surface area contributed by atoms with E-state index in [2.05, 4.69) is 5.32 Å². The Hall–Kier alpha value is -2.73. The average Bonchev–Trinajstić information content (AvgIpc) is 2.90. The number of halogens is 2. The lowest BCUT2D eigenvalue weighted by Gasteiger charge is -2.20. The summed E-state index contributed by atoms with van der Waals surface area (Å²) in [7, 11) is 1.37. The number of methoxy groups -OCH3 is 1. The Morgan fingerprint density at radius 2 is 1.38 bits per heavy atom. The number of carbonyl (C=O) groups excluding carboxylic acids is 2. The van der Waals surface area contributed by atoms with Crippen LogP contribution in [0.15, 0.2) is 60.7 Å². The zero-order valence-corrected chi connectivity index (χ0v) is 26.2. The van der Waals surface area contributed by atoms with Gasteiger partial charge in [-0.2, -0.15) is 0 Å². The molecule has 0 heterocycles. The van der Waals surface area contributed by atoms with Crippen LogP contribution >= 0.6 is 35.4 Å². The first-order chi connectivity index (χ1) is 18.6. The fraction of sp³-hybridized carbons (Fsp3) is 0.344. The Labute approximate surface area is 249 Å². The van der Waals surface area contributed by atoms with E-state index in [-0.39, 0.29) is 11.8 Å². The monoisotopic (exact) mass is 587 g/mol. The van der Waals surface area contributed by atoms with Crippen LogP contribution in [0.4, 0.5) is 0 Å². The smallest absolute Gasteiger partial charge is 0.328 e. The Bertz CT molecular complexity index is 1200. The molecule has 3 aromatic rings.